The van der Waals surface area contributed by atoms with Crippen molar-refractivity contribution in [2.75, 3.05) is 37.6 Å². The van der Waals surface area contributed by atoms with Crippen LogP contribution in [-0.4, -0.2) is 76.0 Å². The lowest BCUT2D eigenvalue weighted by atomic mass is 10.1. The summed E-state index contributed by atoms with van der Waals surface area (Å²) >= 11 is 0. The number of amides is 3. The van der Waals surface area contributed by atoms with Gasteiger partial charge in [-0.05, 0) is 39.2 Å². The number of hydrogen-bond acceptors (Lipinski definition) is 6. The lowest BCUT2D eigenvalue weighted by Gasteiger charge is -2.34. The monoisotopic (exact) mass is 483 g/mol. The second-order valence-corrected chi connectivity index (χ2v) is 9.88. The second-order valence-electron chi connectivity index (χ2n) is 9.88. The van der Waals surface area contributed by atoms with Crippen LogP contribution in [0.2, 0.25) is 0 Å². The molecule has 10 heteroatoms. The largest absolute Gasteiger partial charge is 0.445 e. The van der Waals surface area contributed by atoms with Crippen molar-refractivity contribution < 1.29 is 23.9 Å². The molecule has 0 N–H and O–H groups in total. The number of benzene rings is 1. The summed E-state index contributed by atoms with van der Waals surface area (Å²) in [6.07, 6.45) is 4.29. The van der Waals surface area contributed by atoms with Gasteiger partial charge in [-0.1, -0.05) is 30.3 Å². The average Bonchev–Trinajstić information content (AvgIpc) is 3.32. The first-order valence-electron chi connectivity index (χ1n) is 12.0. The number of rotatable bonds is 4. The van der Waals surface area contributed by atoms with Crippen LogP contribution in [-0.2, 0) is 20.9 Å². The fourth-order valence-electron chi connectivity index (χ4n) is 4.22. The Bertz CT molecular complexity index is 1040. The smallest absolute Gasteiger partial charge is 0.410 e. The molecule has 2 fully saturated rings. The van der Waals surface area contributed by atoms with Gasteiger partial charge in [0.25, 0.3) is 0 Å². The Balaban J connectivity index is 1.27. The fourth-order valence-corrected chi connectivity index (χ4v) is 4.22. The van der Waals surface area contributed by atoms with Gasteiger partial charge >= 0.3 is 12.2 Å². The van der Waals surface area contributed by atoms with Crippen molar-refractivity contribution in [2.24, 2.45) is 0 Å². The third-order valence-corrected chi connectivity index (χ3v) is 6.07. The summed E-state index contributed by atoms with van der Waals surface area (Å²) in [6.45, 7) is 7.67. The van der Waals surface area contributed by atoms with Crippen LogP contribution in [0, 0.1) is 0 Å². The second kappa shape index (κ2) is 10.4. The molecule has 0 unspecified atom stereocenters. The van der Waals surface area contributed by atoms with Gasteiger partial charge < -0.3 is 19.3 Å². The van der Waals surface area contributed by atoms with Crippen molar-refractivity contribution in [1.82, 2.24) is 19.6 Å². The van der Waals surface area contributed by atoms with Gasteiger partial charge in [0.05, 0.1) is 17.9 Å². The molecule has 0 bridgehead atoms. The highest BCUT2D eigenvalue weighted by atomic mass is 16.6. The minimum absolute atomic E-state index is 0.0346. The van der Waals surface area contributed by atoms with Crippen molar-refractivity contribution in [3.8, 4) is 0 Å². The Morgan fingerprint density at radius 1 is 1.00 bits per heavy atom. The van der Waals surface area contributed by atoms with Gasteiger partial charge in [-0.15, -0.1) is 0 Å². The van der Waals surface area contributed by atoms with Crippen LogP contribution >= 0.6 is 0 Å². The molecule has 0 aliphatic carbocycles. The molecule has 4 rings (SSSR count). The number of piperazine rings is 1. The summed E-state index contributed by atoms with van der Waals surface area (Å²) in [5.74, 6) is -0.174. The van der Waals surface area contributed by atoms with Crippen LogP contribution in [0.15, 0.2) is 42.7 Å². The van der Waals surface area contributed by atoms with Crippen molar-refractivity contribution in [3.05, 3.63) is 48.3 Å². The number of anilines is 1. The third-order valence-electron chi connectivity index (χ3n) is 6.07. The third kappa shape index (κ3) is 6.32. The van der Waals surface area contributed by atoms with Gasteiger partial charge in [-0.25, -0.2) is 9.59 Å². The molecule has 3 amide bonds. The van der Waals surface area contributed by atoms with E-state index < -0.39 is 11.7 Å². The first-order valence-corrected chi connectivity index (χ1v) is 12.0. The number of hydrogen-bond donors (Lipinski definition) is 0. The van der Waals surface area contributed by atoms with Crippen LogP contribution in [0.5, 0.6) is 0 Å². The Morgan fingerprint density at radius 2 is 1.71 bits per heavy atom. The predicted octanol–water partition coefficient (Wildman–Crippen LogP) is 3.44. The number of carbonyl (C=O) groups excluding carboxylic acids is 3. The Morgan fingerprint density at radius 3 is 2.37 bits per heavy atom. The van der Waals surface area contributed by atoms with E-state index in [0.29, 0.717) is 31.9 Å². The van der Waals surface area contributed by atoms with Crippen molar-refractivity contribution >= 4 is 23.8 Å². The highest BCUT2D eigenvalue weighted by Crippen LogP contribution is 2.26. The fraction of sp³-hybridized carbons (Fsp3) is 0.520. The molecule has 3 heterocycles. The molecule has 0 atom stereocenters. The zero-order valence-electron chi connectivity index (χ0n) is 20.6. The van der Waals surface area contributed by atoms with E-state index in [0.717, 1.165) is 18.4 Å². The molecule has 2 aliphatic rings. The van der Waals surface area contributed by atoms with E-state index in [2.05, 4.69) is 5.10 Å². The van der Waals surface area contributed by atoms with Crippen LogP contribution in [0.4, 0.5) is 15.3 Å². The number of likely N-dealkylation sites (tertiary alicyclic amines) is 1. The normalized spacial score (nSPS) is 17.5. The van der Waals surface area contributed by atoms with Gasteiger partial charge in [0.2, 0.25) is 5.91 Å². The number of carbonyl (C=O) groups is 3. The van der Waals surface area contributed by atoms with E-state index in [1.807, 2.05) is 62.0 Å². The van der Waals surface area contributed by atoms with Crippen molar-refractivity contribution in [1.29, 1.82) is 0 Å². The summed E-state index contributed by atoms with van der Waals surface area (Å²) in [5.41, 5.74) is 1.09. The SMILES string of the molecule is CC(C)(C)OC(=O)N1CCC(n2cc(N3CCN(C(=O)OCc4ccccc4)CC3=O)cn2)CC1. The number of ether oxygens (including phenoxy) is 2. The van der Waals surface area contributed by atoms with Crippen molar-refractivity contribution in [2.45, 2.75) is 51.9 Å². The van der Waals surface area contributed by atoms with Gasteiger partial charge in [0.1, 0.15) is 18.8 Å². The number of nitrogens with zero attached hydrogens (tertiary/aromatic N) is 5. The quantitative estimate of drug-likeness (QED) is 0.661. The maximum Gasteiger partial charge on any atom is 0.410 e. The summed E-state index contributed by atoms with van der Waals surface area (Å²) in [5, 5.41) is 4.48. The average molecular weight is 484 g/mol. The van der Waals surface area contributed by atoms with Crippen LogP contribution < -0.4 is 4.90 Å². The van der Waals surface area contributed by atoms with Gasteiger partial charge in [-0.3, -0.25) is 14.4 Å². The van der Waals surface area contributed by atoms with E-state index in [9.17, 15) is 14.4 Å². The Labute approximate surface area is 205 Å². The summed E-state index contributed by atoms with van der Waals surface area (Å²) in [7, 11) is 0. The first-order chi connectivity index (χ1) is 16.7. The number of aromatic nitrogens is 2. The molecule has 1 aromatic carbocycles. The van der Waals surface area contributed by atoms with E-state index in [-0.39, 0.29) is 31.2 Å². The van der Waals surface area contributed by atoms with Gasteiger partial charge in [0, 0.05) is 32.4 Å². The molecule has 2 saturated heterocycles. The van der Waals surface area contributed by atoms with Gasteiger partial charge in [0.15, 0.2) is 0 Å². The Hall–Kier alpha value is -3.56. The van der Waals surface area contributed by atoms with E-state index in [1.165, 1.54) is 4.90 Å². The molecule has 2 aromatic rings. The van der Waals surface area contributed by atoms with Crippen LogP contribution in [0.25, 0.3) is 0 Å². The standard InChI is InChI=1S/C25H33N5O5/c1-25(2,3)35-24(33)27-11-9-20(10-12-27)30-16-21(15-26-30)29-14-13-28(17-22(29)31)23(32)34-18-19-7-5-4-6-8-19/h4-8,15-16,20H,9-14,17-18H2,1-3H3. The first kappa shape index (κ1) is 24.6. The topological polar surface area (TPSA) is 97.2 Å². The molecule has 1 aromatic heterocycles. The Kier molecular flexibility index (Phi) is 7.28. The minimum Gasteiger partial charge on any atom is -0.445 e. The molecule has 188 valence electrons. The molecule has 0 spiro atoms. The molecular weight excluding hydrogens is 450 g/mol. The molecule has 0 radical (unpaired) electrons. The van der Waals surface area contributed by atoms with Crippen LogP contribution in [0.1, 0.15) is 45.2 Å². The van der Waals surface area contributed by atoms with Crippen LogP contribution in [0.3, 0.4) is 0 Å². The zero-order valence-corrected chi connectivity index (χ0v) is 20.6. The van der Waals surface area contributed by atoms with E-state index in [4.69, 9.17) is 9.47 Å². The molecule has 35 heavy (non-hydrogen) atoms. The lowest BCUT2D eigenvalue weighted by Crippen LogP contribution is -2.52. The van der Waals surface area contributed by atoms with E-state index in [1.54, 1.807) is 16.0 Å². The van der Waals surface area contributed by atoms with Gasteiger partial charge in [-0.2, -0.15) is 5.10 Å². The minimum atomic E-state index is -0.514. The maximum atomic E-state index is 12.8. The van der Waals surface area contributed by atoms with Crippen molar-refractivity contribution in [3.63, 3.8) is 0 Å². The maximum absolute atomic E-state index is 12.8. The van der Waals surface area contributed by atoms with E-state index >= 15 is 0 Å². The highest BCUT2D eigenvalue weighted by molar-refractivity contribution is 5.97. The zero-order chi connectivity index (χ0) is 25.0. The lowest BCUT2D eigenvalue weighted by molar-refractivity contribution is -0.120. The summed E-state index contributed by atoms with van der Waals surface area (Å²) < 4.78 is 12.7. The summed E-state index contributed by atoms with van der Waals surface area (Å²) in [6, 6.07) is 9.58. The highest BCUT2D eigenvalue weighted by Gasteiger charge is 2.31. The molecule has 10 nitrogen and oxygen atoms in total. The predicted molar refractivity (Wildman–Crippen MR) is 129 cm³/mol. The molecular formula is C25H33N5O5. The molecule has 2 aliphatic heterocycles. The molecule has 0 saturated carbocycles. The number of piperidine rings is 1. The summed E-state index contributed by atoms with van der Waals surface area (Å²) in [4.78, 5) is 42.3.